The van der Waals surface area contributed by atoms with Crippen LogP contribution in [0.2, 0.25) is 0 Å². The van der Waals surface area contributed by atoms with Gasteiger partial charge in [-0.3, -0.25) is 0 Å². The molecule has 27 heavy (non-hydrogen) atoms. The molecule has 2 aliphatic rings. The third-order valence-electron chi connectivity index (χ3n) is 4.86. The Morgan fingerprint density at radius 3 is 2.74 bits per heavy atom. The average molecular weight is 366 g/mol. The lowest BCUT2D eigenvalue weighted by molar-refractivity contribution is 0.453. The summed E-state index contributed by atoms with van der Waals surface area (Å²) in [6.07, 6.45) is 3.63. The average Bonchev–Trinajstić information content (AvgIpc) is 3.17. The molecule has 1 aromatic carbocycles. The van der Waals surface area contributed by atoms with Crippen LogP contribution >= 0.6 is 0 Å². The number of phenolic OH excluding ortho intramolecular Hbond substituents is 1. The normalized spacial score (nSPS) is 22.4. The van der Waals surface area contributed by atoms with Crippen molar-refractivity contribution in [1.82, 2.24) is 26.1 Å². The van der Waals surface area contributed by atoms with Crippen molar-refractivity contribution in [2.24, 2.45) is 0 Å². The second kappa shape index (κ2) is 7.75. The number of aromatic nitrogens is 2. The van der Waals surface area contributed by atoms with Crippen molar-refractivity contribution in [1.29, 1.82) is 5.26 Å². The standard InChI is InChI=1S/C18H22N8O/c19-9-12-10-22-18(11-21-12)23-17-8-15(24-25-17)14-2-1-13(7-16(14)27)26-5-3-20-4-6-26/h1-2,7,10-11,15,17,20,24-25,27H,3-6,8H2,(H,22,23). The number of hydrogen-bond donors (Lipinski definition) is 5. The van der Waals surface area contributed by atoms with Gasteiger partial charge in [-0.1, -0.05) is 6.07 Å². The molecule has 4 rings (SSSR count). The Morgan fingerprint density at radius 1 is 1.19 bits per heavy atom. The van der Waals surface area contributed by atoms with E-state index in [4.69, 9.17) is 5.26 Å². The van der Waals surface area contributed by atoms with Gasteiger partial charge in [0, 0.05) is 49.9 Å². The molecule has 2 aliphatic heterocycles. The first-order chi connectivity index (χ1) is 13.2. The van der Waals surface area contributed by atoms with Crippen LogP contribution in [0.5, 0.6) is 5.75 Å². The summed E-state index contributed by atoms with van der Waals surface area (Å²) in [5, 5.41) is 25.9. The lowest BCUT2D eigenvalue weighted by atomic mass is 10.0. The third kappa shape index (κ3) is 3.93. The quantitative estimate of drug-likeness (QED) is 0.525. The summed E-state index contributed by atoms with van der Waals surface area (Å²) >= 11 is 0. The predicted molar refractivity (Wildman–Crippen MR) is 101 cm³/mol. The summed E-state index contributed by atoms with van der Waals surface area (Å²) in [5.74, 6) is 0.886. The molecule has 2 fully saturated rings. The van der Waals surface area contributed by atoms with Crippen LogP contribution in [-0.4, -0.2) is 47.4 Å². The van der Waals surface area contributed by atoms with Crippen molar-refractivity contribution < 1.29 is 5.11 Å². The molecule has 2 unspecified atom stereocenters. The Bertz CT molecular complexity index is 828. The Balaban J connectivity index is 1.40. The maximum absolute atomic E-state index is 10.5. The second-order valence-corrected chi connectivity index (χ2v) is 6.65. The van der Waals surface area contributed by atoms with E-state index in [1.165, 1.54) is 12.4 Å². The molecular formula is C18H22N8O. The number of rotatable bonds is 4. The predicted octanol–water partition coefficient (Wildman–Crippen LogP) is 0.441. The summed E-state index contributed by atoms with van der Waals surface area (Å²) in [6.45, 7) is 3.81. The zero-order chi connectivity index (χ0) is 18.6. The minimum atomic E-state index is -0.0653. The van der Waals surface area contributed by atoms with Crippen molar-refractivity contribution in [3.8, 4) is 11.8 Å². The van der Waals surface area contributed by atoms with Crippen LogP contribution in [0.3, 0.4) is 0 Å². The smallest absolute Gasteiger partial charge is 0.158 e. The Kier molecular flexibility index (Phi) is 5.02. The molecule has 1 aromatic heterocycles. The molecule has 0 amide bonds. The highest BCUT2D eigenvalue weighted by Gasteiger charge is 2.27. The lowest BCUT2D eigenvalue weighted by Crippen LogP contribution is -2.43. The van der Waals surface area contributed by atoms with Gasteiger partial charge >= 0.3 is 0 Å². The van der Waals surface area contributed by atoms with Crippen LogP contribution in [0.1, 0.15) is 23.7 Å². The number of piperazine rings is 1. The molecule has 0 aliphatic carbocycles. The summed E-state index contributed by atoms with van der Waals surface area (Å²) in [5.41, 5.74) is 8.56. The fraction of sp³-hybridized carbons (Fsp3) is 0.389. The van der Waals surface area contributed by atoms with Gasteiger partial charge in [-0.2, -0.15) is 5.26 Å². The lowest BCUT2D eigenvalue weighted by Gasteiger charge is -2.30. The Hall–Kier alpha value is -2.93. The van der Waals surface area contributed by atoms with Crippen molar-refractivity contribution in [3.05, 3.63) is 41.9 Å². The Morgan fingerprint density at radius 2 is 2.04 bits per heavy atom. The number of phenols is 1. The fourth-order valence-corrected chi connectivity index (χ4v) is 3.44. The monoisotopic (exact) mass is 366 g/mol. The van der Waals surface area contributed by atoms with E-state index in [9.17, 15) is 5.11 Å². The second-order valence-electron chi connectivity index (χ2n) is 6.65. The van der Waals surface area contributed by atoms with Crippen LogP contribution in [0, 0.1) is 11.3 Å². The number of nitrogens with one attached hydrogen (secondary N) is 4. The molecule has 0 bridgehead atoms. The number of benzene rings is 1. The summed E-state index contributed by atoms with van der Waals surface area (Å²) in [7, 11) is 0. The highest BCUT2D eigenvalue weighted by molar-refractivity contribution is 5.54. The van der Waals surface area contributed by atoms with Crippen molar-refractivity contribution in [2.75, 3.05) is 36.4 Å². The van der Waals surface area contributed by atoms with Gasteiger partial charge in [-0.05, 0) is 6.07 Å². The van der Waals surface area contributed by atoms with E-state index in [0.717, 1.165) is 43.9 Å². The van der Waals surface area contributed by atoms with E-state index < -0.39 is 0 Å². The molecule has 0 radical (unpaired) electrons. The number of nitriles is 1. The van der Waals surface area contributed by atoms with E-state index >= 15 is 0 Å². The van der Waals surface area contributed by atoms with Gasteiger partial charge in [0.25, 0.3) is 0 Å². The van der Waals surface area contributed by atoms with E-state index in [-0.39, 0.29) is 17.9 Å². The highest BCUT2D eigenvalue weighted by atomic mass is 16.3. The highest BCUT2D eigenvalue weighted by Crippen LogP contribution is 2.33. The fourth-order valence-electron chi connectivity index (χ4n) is 3.44. The van der Waals surface area contributed by atoms with Gasteiger partial charge in [0.1, 0.15) is 17.6 Å². The van der Waals surface area contributed by atoms with Crippen LogP contribution in [0.25, 0.3) is 0 Å². The zero-order valence-electron chi connectivity index (χ0n) is 14.8. The topological polar surface area (TPSA) is 121 Å². The van der Waals surface area contributed by atoms with Crippen LogP contribution in [0.15, 0.2) is 30.6 Å². The number of anilines is 2. The summed E-state index contributed by atoms with van der Waals surface area (Å²) < 4.78 is 0. The van der Waals surface area contributed by atoms with E-state index in [2.05, 4.69) is 42.4 Å². The molecule has 140 valence electrons. The van der Waals surface area contributed by atoms with Crippen molar-refractivity contribution >= 4 is 11.5 Å². The summed E-state index contributed by atoms with van der Waals surface area (Å²) in [6, 6.07) is 7.81. The molecule has 9 nitrogen and oxygen atoms in total. The van der Waals surface area contributed by atoms with E-state index in [1.807, 2.05) is 18.2 Å². The van der Waals surface area contributed by atoms with Gasteiger partial charge in [0.2, 0.25) is 0 Å². The number of hydrazine groups is 1. The van der Waals surface area contributed by atoms with Crippen LogP contribution < -0.4 is 26.4 Å². The molecule has 3 heterocycles. The maximum Gasteiger partial charge on any atom is 0.158 e. The number of nitrogens with zero attached hydrogens (tertiary/aromatic N) is 4. The zero-order valence-corrected chi connectivity index (χ0v) is 14.8. The maximum atomic E-state index is 10.5. The molecular weight excluding hydrogens is 344 g/mol. The van der Waals surface area contributed by atoms with E-state index in [0.29, 0.717) is 11.6 Å². The first kappa shape index (κ1) is 17.5. The van der Waals surface area contributed by atoms with Gasteiger partial charge in [0.05, 0.1) is 24.6 Å². The van der Waals surface area contributed by atoms with Crippen LogP contribution in [-0.2, 0) is 0 Å². The molecule has 9 heteroatoms. The van der Waals surface area contributed by atoms with Gasteiger partial charge in [-0.15, -0.1) is 0 Å². The first-order valence-electron chi connectivity index (χ1n) is 9.01. The summed E-state index contributed by atoms with van der Waals surface area (Å²) in [4.78, 5) is 10.4. The number of hydrogen-bond acceptors (Lipinski definition) is 9. The SMILES string of the molecule is N#Cc1cnc(NC2CC(c3ccc(N4CCNCC4)cc3O)NN2)cn1. The minimum Gasteiger partial charge on any atom is -0.508 e. The molecule has 5 N–H and O–H groups in total. The first-order valence-corrected chi connectivity index (χ1v) is 9.01. The number of aromatic hydroxyl groups is 1. The van der Waals surface area contributed by atoms with Crippen LogP contribution in [0.4, 0.5) is 11.5 Å². The van der Waals surface area contributed by atoms with Gasteiger partial charge in [-0.25, -0.2) is 20.8 Å². The largest absolute Gasteiger partial charge is 0.508 e. The van der Waals surface area contributed by atoms with Gasteiger partial charge in [0.15, 0.2) is 5.69 Å². The van der Waals surface area contributed by atoms with E-state index in [1.54, 1.807) is 0 Å². The molecule has 0 spiro atoms. The minimum absolute atomic E-state index is 0.0223. The molecule has 2 aromatic rings. The van der Waals surface area contributed by atoms with Crippen molar-refractivity contribution in [2.45, 2.75) is 18.6 Å². The third-order valence-corrected chi connectivity index (χ3v) is 4.86. The van der Waals surface area contributed by atoms with Crippen molar-refractivity contribution in [3.63, 3.8) is 0 Å². The van der Waals surface area contributed by atoms with Gasteiger partial charge < -0.3 is 20.6 Å². The molecule has 0 saturated carbocycles. The Labute approximate surface area is 157 Å². The molecule has 2 saturated heterocycles. The molecule has 2 atom stereocenters.